The van der Waals surface area contributed by atoms with E-state index < -0.39 is 4.92 Å². The lowest BCUT2D eigenvalue weighted by Gasteiger charge is -2.23. The van der Waals surface area contributed by atoms with Crippen LogP contribution in [0.3, 0.4) is 0 Å². The molecule has 1 aromatic carbocycles. The lowest BCUT2D eigenvalue weighted by Crippen LogP contribution is -2.22. The van der Waals surface area contributed by atoms with Gasteiger partial charge in [0.25, 0.3) is 5.69 Å². The maximum atomic E-state index is 10.8. The van der Waals surface area contributed by atoms with E-state index in [4.69, 9.17) is 5.73 Å². The Labute approximate surface area is 117 Å². The second-order valence-corrected chi connectivity index (χ2v) is 4.37. The number of pyridine rings is 1. The summed E-state index contributed by atoms with van der Waals surface area (Å²) in [6, 6.07) is 8.69. The lowest BCUT2D eigenvalue weighted by atomic mass is 10.2. The Morgan fingerprint density at radius 2 is 2.00 bits per heavy atom. The Balaban J connectivity index is 2.24. The molecule has 0 aliphatic heterocycles. The number of hydrogen-bond donors (Lipinski definition) is 1. The molecule has 0 aliphatic rings. The van der Waals surface area contributed by atoms with Crippen LogP contribution in [0.5, 0.6) is 0 Å². The predicted octanol–water partition coefficient (Wildman–Crippen LogP) is 2.60. The van der Waals surface area contributed by atoms with Crippen LogP contribution in [-0.2, 0) is 6.54 Å². The molecule has 2 aromatic rings. The minimum atomic E-state index is -0.474. The zero-order chi connectivity index (χ0) is 14.5. The van der Waals surface area contributed by atoms with Crippen molar-refractivity contribution in [2.24, 2.45) is 0 Å². The summed E-state index contributed by atoms with van der Waals surface area (Å²) in [5.41, 5.74) is 7.84. The second-order valence-electron chi connectivity index (χ2n) is 4.37. The topological polar surface area (TPSA) is 85.3 Å². The van der Waals surface area contributed by atoms with Crippen LogP contribution in [0.1, 0.15) is 12.5 Å². The second kappa shape index (κ2) is 6.01. The maximum absolute atomic E-state index is 10.8. The van der Waals surface area contributed by atoms with Crippen LogP contribution in [0, 0.1) is 10.1 Å². The summed E-state index contributed by atoms with van der Waals surface area (Å²) in [7, 11) is 0. The standard InChI is InChI=1S/C14H16N4O2/c1-2-17(10-11-5-7-16-8-6-11)12-3-4-14(18(19)20)13(15)9-12/h3-9H,2,10,15H2,1H3. The normalized spacial score (nSPS) is 10.2. The van der Waals surface area contributed by atoms with Crippen molar-refractivity contribution in [1.29, 1.82) is 0 Å². The molecule has 1 aromatic heterocycles. The number of benzene rings is 1. The molecule has 6 heteroatoms. The molecule has 0 saturated heterocycles. The van der Waals surface area contributed by atoms with Gasteiger partial charge in [-0.1, -0.05) is 0 Å². The SMILES string of the molecule is CCN(Cc1ccncc1)c1ccc([N+](=O)[O-])c(N)c1. The average Bonchev–Trinajstić information content (AvgIpc) is 2.45. The molecular formula is C14H16N4O2. The first kappa shape index (κ1) is 13.8. The number of rotatable bonds is 5. The lowest BCUT2D eigenvalue weighted by molar-refractivity contribution is -0.383. The Morgan fingerprint density at radius 1 is 1.30 bits per heavy atom. The zero-order valence-electron chi connectivity index (χ0n) is 11.2. The fourth-order valence-electron chi connectivity index (χ4n) is 2.00. The maximum Gasteiger partial charge on any atom is 0.292 e. The number of nitrogens with zero attached hydrogens (tertiary/aromatic N) is 3. The van der Waals surface area contributed by atoms with Crippen LogP contribution in [0.4, 0.5) is 17.1 Å². The van der Waals surface area contributed by atoms with Gasteiger partial charge in [0.1, 0.15) is 5.69 Å². The molecule has 104 valence electrons. The van der Waals surface area contributed by atoms with Crippen LogP contribution < -0.4 is 10.6 Å². The molecule has 0 atom stereocenters. The van der Waals surface area contributed by atoms with Gasteiger partial charge < -0.3 is 10.6 Å². The van der Waals surface area contributed by atoms with Gasteiger partial charge in [0.15, 0.2) is 0 Å². The third kappa shape index (κ3) is 3.03. The molecule has 0 fully saturated rings. The smallest absolute Gasteiger partial charge is 0.292 e. The van der Waals surface area contributed by atoms with Gasteiger partial charge in [-0.3, -0.25) is 15.1 Å². The predicted molar refractivity (Wildman–Crippen MR) is 78.5 cm³/mol. The quantitative estimate of drug-likeness (QED) is 0.513. The van der Waals surface area contributed by atoms with Crippen LogP contribution in [0.15, 0.2) is 42.7 Å². The summed E-state index contributed by atoms with van der Waals surface area (Å²) in [5, 5.41) is 10.8. The highest BCUT2D eigenvalue weighted by Gasteiger charge is 2.13. The van der Waals surface area contributed by atoms with E-state index in [-0.39, 0.29) is 11.4 Å². The first-order chi connectivity index (χ1) is 9.61. The molecule has 0 saturated carbocycles. The molecule has 0 unspecified atom stereocenters. The Bertz CT molecular complexity index is 601. The number of nitrogen functional groups attached to an aromatic ring is 1. The van der Waals surface area contributed by atoms with Crippen molar-refractivity contribution in [3.8, 4) is 0 Å². The summed E-state index contributed by atoms with van der Waals surface area (Å²) in [5.74, 6) is 0. The molecule has 20 heavy (non-hydrogen) atoms. The summed E-state index contributed by atoms with van der Waals surface area (Å²) < 4.78 is 0. The molecule has 0 bridgehead atoms. The van der Waals surface area contributed by atoms with E-state index in [0.717, 1.165) is 17.8 Å². The highest BCUT2D eigenvalue weighted by Crippen LogP contribution is 2.27. The molecular weight excluding hydrogens is 256 g/mol. The molecule has 0 radical (unpaired) electrons. The van der Waals surface area contributed by atoms with E-state index in [1.165, 1.54) is 6.07 Å². The largest absolute Gasteiger partial charge is 0.393 e. The summed E-state index contributed by atoms with van der Waals surface area (Å²) >= 11 is 0. The third-order valence-corrected chi connectivity index (χ3v) is 3.08. The van der Waals surface area contributed by atoms with Gasteiger partial charge in [-0.25, -0.2) is 0 Å². The van der Waals surface area contributed by atoms with E-state index in [0.29, 0.717) is 6.54 Å². The third-order valence-electron chi connectivity index (χ3n) is 3.08. The van der Waals surface area contributed by atoms with Crippen molar-refractivity contribution >= 4 is 17.1 Å². The summed E-state index contributed by atoms with van der Waals surface area (Å²) in [4.78, 5) is 16.4. The Morgan fingerprint density at radius 3 is 2.55 bits per heavy atom. The molecule has 2 N–H and O–H groups in total. The van der Waals surface area contributed by atoms with Crippen molar-refractivity contribution in [3.63, 3.8) is 0 Å². The molecule has 0 aliphatic carbocycles. The van der Waals surface area contributed by atoms with Crippen molar-refractivity contribution in [2.75, 3.05) is 17.2 Å². The molecule has 1 heterocycles. The fraction of sp³-hybridized carbons (Fsp3) is 0.214. The van der Waals surface area contributed by atoms with Crippen LogP contribution in [-0.4, -0.2) is 16.5 Å². The van der Waals surface area contributed by atoms with Crippen LogP contribution in [0.2, 0.25) is 0 Å². The zero-order valence-corrected chi connectivity index (χ0v) is 11.2. The summed E-state index contributed by atoms with van der Waals surface area (Å²) in [6.07, 6.45) is 3.49. The number of nitro benzene ring substituents is 1. The van der Waals surface area contributed by atoms with E-state index in [2.05, 4.69) is 9.88 Å². The fourth-order valence-corrected chi connectivity index (χ4v) is 2.00. The van der Waals surface area contributed by atoms with E-state index in [1.807, 2.05) is 19.1 Å². The average molecular weight is 272 g/mol. The number of anilines is 2. The van der Waals surface area contributed by atoms with Gasteiger partial charge in [-0.15, -0.1) is 0 Å². The van der Waals surface area contributed by atoms with Gasteiger partial charge >= 0.3 is 0 Å². The van der Waals surface area contributed by atoms with Crippen molar-refractivity contribution in [2.45, 2.75) is 13.5 Å². The highest BCUT2D eigenvalue weighted by molar-refractivity contribution is 5.66. The highest BCUT2D eigenvalue weighted by atomic mass is 16.6. The van der Waals surface area contributed by atoms with Crippen LogP contribution >= 0.6 is 0 Å². The Hall–Kier alpha value is -2.63. The Kier molecular flexibility index (Phi) is 4.14. The number of aromatic nitrogens is 1. The van der Waals surface area contributed by atoms with Gasteiger partial charge in [-0.05, 0) is 36.8 Å². The summed E-state index contributed by atoms with van der Waals surface area (Å²) in [6.45, 7) is 3.51. The van der Waals surface area contributed by atoms with Gasteiger partial charge in [0.2, 0.25) is 0 Å². The van der Waals surface area contributed by atoms with E-state index >= 15 is 0 Å². The first-order valence-corrected chi connectivity index (χ1v) is 6.29. The van der Waals surface area contributed by atoms with Crippen molar-refractivity contribution in [3.05, 3.63) is 58.4 Å². The molecule has 2 rings (SSSR count). The number of nitrogens with two attached hydrogens (primary N) is 1. The van der Waals surface area contributed by atoms with Crippen molar-refractivity contribution in [1.82, 2.24) is 4.98 Å². The van der Waals surface area contributed by atoms with Crippen LogP contribution in [0.25, 0.3) is 0 Å². The molecule has 0 spiro atoms. The minimum absolute atomic E-state index is 0.0614. The van der Waals surface area contributed by atoms with Gasteiger partial charge in [0.05, 0.1) is 4.92 Å². The number of nitro groups is 1. The molecule has 0 amide bonds. The van der Waals surface area contributed by atoms with Gasteiger partial charge in [0, 0.05) is 37.2 Å². The molecule has 6 nitrogen and oxygen atoms in total. The first-order valence-electron chi connectivity index (χ1n) is 6.29. The van der Waals surface area contributed by atoms with Gasteiger partial charge in [-0.2, -0.15) is 0 Å². The van der Waals surface area contributed by atoms with E-state index in [1.54, 1.807) is 24.5 Å². The van der Waals surface area contributed by atoms with E-state index in [9.17, 15) is 10.1 Å². The number of hydrogen-bond acceptors (Lipinski definition) is 5. The minimum Gasteiger partial charge on any atom is -0.393 e. The monoisotopic (exact) mass is 272 g/mol. The van der Waals surface area contributed by atoms with Crippen molar-refractivity contribution < 1.29 is 4.92 Å².